The molecule has 1 rings (SSSR count). The van der Waals surface area contributed by atoms with Crippen molar-refractivity contribution in [3.8, 4) is 0 Å². The highest BCUT2D eigenvalue weighted by Gasteiger charge is 2.15. The van der Waals surface area contributed by atoms with E-state index >= 15 is 0 Å². The van der Waals surface area contributed by atoms with Crippen molar-refractivity contribution in [3.05, 3.63) is 33.4 Å². The average Bonchev–Trinajstić information content (AvgIpc) is 2.22. The predicted molar refractivity (Wildman–Crippen MR) is 58.0 cm³/mol. The van der Waals surface area contributed by atoms with Crippen molar-refractivity contribution >= 4 is 17.3 Å². The van der Waals surface area contributed by atoms with Crippen LogP contribution < -0.4 is 5.73 Å². The van der Waals surface area contributed by atoms with E-state index in [2.05, 4.69) is 4.74 Å². The van der Waals surface area contributed by atoms with Crippen molar-refractivity contribution in [3.63, 3.8) is 0 Å². The van der Waals surface area contributed by atoms with E-state index in [4.69, 9.17) is 5.73 Å². The number of rotatable bonds is 3. The lowest BCUT2D eigenvalue weighted by Gasteiger charge is -2.06. The number of methoxy groups -OCH3 is 1. The van der Waals surface area contributed by atoms with Crippen LogP contribution in [0.1, 0.15) is 11.1 Å². The summed E-state index contributed by atoms with van der Waals surface area (Å²) in [5, 5.41) is 10.6. The molecule has 6 nitrogen and oxygen atoms in total. The first-order valence-electron chi connectivity index (χ1n) is 4.56. The number of nitrogens with zero attached hydrogens (tertiary/aromatic N) is 1. The molecular weight excluding hydrogens is 212 g/mol. The van der Waals surface area contributed by atoms with Crippen LogP contribution in [0.15, 0.2) is 12.1 Å². The highest BCUT2D eigenvalue weighted by atomic mass is 16.6. The standard InChI is InChI=1S/C10H12N2O4/c1-6-3-7(4-10(13)16-2)8(11)5-9(6)12(14)15/h3,5H,4,11H2,1-2H3. The molecule has 0 fully saturated rings. The van der Waals surface area contributed by atoms with Gasteiger partial charge in [-0.3, -0.25) is 14.9 Å². The molecule has 0 unspecified atom stereocenters. The third-order valence-corrected chi connectivity index (χ3v) is 2.22. The molecule has 0 bridgehead atoms. The first-order chi connectivity index (χ1) is 7.45. The van der Waals surface area contributed by atoms with Crippen molar-refractivity contribution < 1.29 is 14.5 Å². The number of nitrogen functional groups attached to an aromatic ring is 1. The smallest absolute Gasteiger partial charge is 0.310 e. The normalized spacial score (nSPS) is 9.88. The Hall–Kier alpha value is -2.11. The van der Waals surface area contributed by atoms with Gasteiger partial charge >= 0.3 is 5.97 Å². The minimum absolute atomic E-state index is 0.0150. The number of carbonyl (C=O) groups excluding carboxylic acids is 1. The van der Waals surface area contributed by atoms with Gasteiger partial charge in [-0.25, -0.2) is 0 Å². The van der Waals surface area contributed by atoms with Crippen LogP contribution in [0.3, 0.4) is 0 Å². The van der Waals surface area contributed by atoms with E-state index in [9.17, 15) is 14.9 Å². The molecule has 0 heterocycles. The fourth-order valence-corrected chi connectivity index (χ4v) is 1.35. The number of carbonyl (C=O) groups is 1. The summed E-state index contributed by atoms with van der Waals surface area (Å²) in [7, 11) is 1.27. The van der Waals surface area contributed by atoms with Crippen LogP contribution in [0.5, 0.6) is 0 Å². The molecule has 0 aromatic heterocycles. The minimum Gasteiger partial charge on any atom is -0.469 e. The molecule has 0 spiro atoms. The van der Waals surface area contributed by atoms with Gasteiger partial charge < -0.3 is 10.5 Å². The van der Waals surface area contributed by atoms with Crippen LogP contribution in [0.2, 0.25) is 0 Å². The van der Waals surface area contributed by atoms with Crippen LogP contribution >= 0.6 is 0 Å². The number of nitro groups is 1. The van der Waals surface area contributed by atoms with Gasteiger partial charge in [-0.15, -0.1) is 0 Å². The molecule has 1 aromatic rings. The maximum atomic E-state index is 11.1. The zero-order chi connectivity index (χ0) is 12.3. The molecule has 0 saturated carbocycles. The predicted octanol–water partition coefficient (Wildman–Crippen LogP) is 1.20. The number of anilines is 1. The van der Waals surface area contributed by atoms with Gasteiger partial charge in [0.1, 0.15) is 0 Å². The second-order valence-corrected chi connectivity index (χ2v) is 3.35. The fourth-order valence-electron chi connectivity index (χ4n) is 1.35. The summed E-state index contributed by atoms with van der Waals surface area (Å²) >= 11 is 0. The fraction of sp³-hybridized carbons (Fsp3) is 0.300. The molecular formula is C10H12N2O4. The van der Waals surface area contributed by atoms with E-state index in [-0.39, 0.29) is 17.8 Å². The lowest BCUT2D eigenvalue weighted by atomic mass is 10.0. The van der Waals surface area contributed by atoms with Crippen molar-refractivity contribution in [2.75, 3.05) is 12.8 Å². The Balaban J connectivity index is 3.10. The summed E-state index contributed by atoms with van der Waals surface area (Å²) in [6, 6.07) is 2.79. The van der Waals surface area contributed by atoms with Crippen molar-refractivity contribution in [1.82, 2.24) is 0 Å². The lowest BCUT2D eigenvalue weighted by molar-refractivity contribution is -0.385. The highest BCUT2D eigenvalue weighted by Crippen LogP contribution is 2.25. The molecule has 0 atom stereocenters. The third kappa shape index (κ3) is 2.47. The SMILES string of the molecule is COC(=O)Cc1cc(C)c([N+](=O)[O-])cc1N. The van der Waals surface area contributed by atoms with Gasteiger partial charge in [-0.05, 0) is 18.6 Å². The Kier molecular flexibility index (Phi) is 3.44. The molecule has 16 heavy (non-hydrogen) atoms. The number of hydrogen-bond donors (Lipinski definition) is 1. The Labute approximate surface area is 92.2 Å². The molecule has 0 radical (unpaired) electrons. The van der Waals surface area contributed by atoms with Crippen LogP contribution in [0.25, 0.3) is 0 Å². The molecule has 0 aliphatic carbocycles. The second-order valence-electron chi connectivity index (χ2n) is 3.35. The van der Waals surface area contributed by atoms with Crippen LogP contribution in [-0.4, -0.2) is 18.0 Å². The Bertz CT molecular complexity index is 443. The lowest BCUT2D eigenvalue weighted by Crippen LogP contribution is -2.08. The number of nitrogens with two attached hydrogens (primary N) is 1. The molecule has 1 aromatic carbocycles. The number of esters is 1. The molecule has 0 amide bonds. The number of ether oxygens (including phenoxy) is 1. The van der Waals surface area contributed by atoms with Gasteiger partial charge in [-0.2, -0.15) is 0 Å². The van der Waals surface area contributed by atoms with E-state index in [1.54, 1.807) is 6.92 Å². The zero-order valence-electron chi connectivity index (χ0n) is 9.02. The van der Waals surface area contributed by atoms with Gasteiger partial charge in [0.15, 0.2) is 0 Å². The van der Waals surface area contributed by atoms with Crippen molar-refractivity contribution in [2.24, 2.45) is 0 Å². The first kappa shape index (κ1) is 12.0. The molecule has 86 valence electrons. The Morgan fingerprint density at radius 1 is 1.56 bits per heavy atom. The highest BCUT2D eigenvalue weighted by molar-refractivity contribution is 5.75. The first-order valence-corrected chi connectivity index (χ1v) is 4.56. The summed E-state index contributed by atoms with van der Waals surface area (Å²) in [6.07, 6.45) is 0.0150. The summed E-state index contributed by atoms with van der Waals surface area (Å²) < 4.78 is 4.50. The molecule has 0 saturated heterocycles. The summed E-state index contributed by atoms with van der Waals surface area (Å²) in [4.78, 5) is 21.2. The third-order valence-electron chi connectivity index (χ3n) is 2.22. The topological polar surface area (TPSA) is 95.5 Å². The minimum atomic E-state index is -0.506. The van der Waals surface area contributed by atoms with Gasteiger partial charge in [0.2, 0.25) is 0 Å². The Morgan fingerprint density at radius 3 is 2.69 bits per heavy atom. The van der Waals surface area contributed by atoms with Crippen molar-refractivity contribution in [2.45, 2.75) is 13.3 Å². The largest absolute Gasteiger partial charge is 0.469 e. The Morgan fingerprint density at radius 2 is 2.19 bits per heavy atom. The van der Waals surface area contributed by atoms with E-state index in [0.717, 1.165) is 0 Å². The summed E-state index contributed by atoms with van der Waals surface area (Å²) in [5.74, 6) is -0.431. The van der Waals surface area contributed by atoms with Crippen LogP contribution in [0.4, 0.5) is 11.4 Å². The summed E-state index contributed by atoms with van der Waals surface area (Å²) in [6.45, 7) is 1.60. The van der Waals surface area contributed by atoms with Gasteiger partial charge in [0, 0.05) is 17.3 Å². The molecule has 6 heteroatoms. The number of nitro benzene ring substituents is 1. The van der Waals surface area contributed by atoms with Crippen LogP contribution in [0, 0.1) is 17.0 Å². The van der Waals surface area contributed by atoms with Gasteiger partial charge in [0.25, 0.3) is 5.69 Å². The second kappa shape index (κ2) is 4.61. The van der Waals surface area contributed by atoms with Gasteiger partial charge in [-0.1, -0.05) is 0 Å². The maximum absolute atomic E-state index is 11.1. The van der Waals surface area contributed by atoms with E-state index in [0.29, 0.717) is 11.1 Å². The number of hydrogen-bond acceptors (Lipinski definition) is 5. The molecule has 2 N–H and O–H groups in total. The maximum Gasteiger partial charge on any atom is 0.310 e. The molecule has 0 aliphatic rings. The number of aryl methyl sites for hydroxylation is 1. The average molecular weight is 224 g/mol. The monoisotopic (exact) mass is 224 g/mol. The van der Waals surface area contributed by atoms with Gasteiger partial charge in [0.05, 0.1) is 18.5 Å². The quantitative estimate of drug-likeness (QED) is 0.360. The number of benzene rings is 1. The molecule has 0 aliphatic heterocycles. The van der Waals surface area contributed by atoms with E-state index in [1.807, 2.05) is 0 Å². The van der Waals surface area contributed by atoms with E-state index < -0.39 is 10.9 Å². The summed E-state index contributed by atoms with van der Waals surface area (Å²) in [5.41, 5.74) is 6.80. The zero-order valence-corrected chi connectivity index (χ0v) is 9.02. The van der Waals surface area contributed by atoms with Crippen molar-refractivity contribution in [1.29, 1.82) is 0 Å². The van der Waals surface area contributed by atoms with E-state index in [1.165, 1.54) is 19.2 Å². The van der Waals surface area contributed by atoms with Crippen LogP contribution in [-0.2, 0) is 16.0 Å².